The van der Waals surface area contributed by atoms with Gasteiger partial charge in [0, 0.05) is 29.6 Å². The first-order valence-corrected chi connectivity index (χ1v) is 23.4. The third-order valence-electron chi connectivity index (χ3n) is 17.9. The molecule has 5 saturated heterocycles. The van der Waals surface area contributed by atoms with Gasteiger partial charge in [0.15, 0.2) is 30.9 Å². The molecular weight excluding hydrogens is 828 g/mol. The van der Waals surface area contributed by atoms with Crippen molar-refractivity contribution in [1.29, 1.82) is 0 Å². The van der Waals surface area contributed by atoms with Crippen LogP contribution in [0, 0.1) is 46.3 Å². The fraction of sp³-hybridized carbons (Fsp3) is 0.956. The maximum Gasteiger partial charge on any atom is 0.187 e. The number of allylic oxidation sites excluding steroid dienone is 1. The van der Waals surface area contributed by atoms with E-state index in [1.54, 1.807) is 0 Å². The second kappa shape index (κ2) is 17.2. The summed E-state index contributed by atoms with van der Waals surface area (Å²) >= 11 is 0. The molecule has 10 N–H and O–H groups in total. The Morgan fingerprint density at radius 1 is 0.667 bits per heavy atom. The molecule has 28 unspecified atom stereocenters. The van der Waals surface area contributed by atoms with Gasteiger partial charge in [0.25, 0.3) is 0 Å². The van der Waals surface area contributed by atoms with Crippen molar-refractivity contribution in [1.82, 2.24) is 0 Å². The number of hydrogen-bond donors (Lipinski definition) is 10. The minimum atomic E-state index is -1.74. The largest absolute Gasteiger partial charge is 0.394 e. The summed E-state index contributed by atoms with van der Waals surface area (Å²) in [5, 5.41) is 109. The van der Waals surface area contributed by atoms with E-state index in [0.717, 1.165) is 32.1 Å². The van der Waals surface area contributed by atoms with E-state index in [1.165, 1.54) is 19.4 Å². The van der Waals surface area contributed by atoms with Crippen LogP contribution in [0.1, 0.15) is 92.9 Å². The minimum Gasteiger partial charge on any atom is -0.394 e. The van der Waals surface area contributed by atoms with E-state index in [9.17, 15) is 51.1 Å². The third-order valence-corrected chi connectivity index (χ3v) is 17.9. The lowest BCUT2D eigenvalue weighted by molar-refractivity contribution is -0.388. The Morgan fingerprint density at radius 3 is 1.92 bits per heavy atom. The Kier molecular flexibility index (Phi) is 12.9. The van der Waals surface area contributed by atoms with Crippen LogP contribution in [0.2, 0.25) is 0 Å². The van der Waals surface area contributed by atoms with Gasteiger partial charge in [0.1, 0.15) is 61.0 Å². The number of hydrogen-bond acceptors (Lipinski definition) is 18. The molecule has 3 saturated carbocycles. The van der Waals surface area contributed by atoms with Gasteiger partial charge in [-0.3, -0.25) is 0 Å². The maximum absolute atomic E-state index is 12.3. The van der Waals surface area contributed by atoms with E-state index in [0.29, 0.717) is 25.2 Å². The van der Waals surface area contributed by atoms with Crippen LogP contribution in [0.5, 0.6) is 0 Å². The normalized spacial score (nSPS) is 59.3. The fourth-order valence-corrected chi connectivity index (χ4v) is 14.0. The summed E-state index contributed by atoms with van der Waals surface area (Å²) in [6.07, 6.45) is -15.9. The van der Waals surface area contributed by atoms with Gasteiger partial charge in [-0.05, 0) is 82.0 Å². The Morgan fingerprint density at radius 2 is 1.30 bits per heavy atom. The minimum absolute atomic E-state index is 0.00938. The van der Waals surface area contributed by atoms with Gasteiger partial charge in [-0.2, -0.15) is 0 Å². The summed E-state index contributed by atoms with van der Waals surface area (Å²) < 4.78 is 49.6. The Labute approximate surface area is 368 Å². The van der Waals surface area contributed by atoms with Crippen LogP contribution in [0.15, 0.2) is 11.6 Å². The smallest absolute Gasteiger partial charge is 0.187 e. The molecule has 1 spiro atoms. The average molecular weight is 901 g/mol. The molecule has 5 heterocycles. The van der Waals surface area contributed by atoms with E-state index in [-0.39, 0.29) is 46.5 Å². The highest BCUT2D eigenvalue weighted by atomic mass is 16.8. The lowest BCUT2D eigenvalue weighted by Crippen LogP contribution is -2.66. The van der Waals surface area contributed by atoms with Gasteiger partial charge in [0.2, 0.25) is 0 Å². The van der Waals surface area contributed by atoms with E-state index >= 15 is 0 Å². The average Bonchev–Trinajstić information content (AvgIpc) is 3.70. The van der Waals surface area contributed by atoms with Crippen molar-refractivity contribution in [2.24, 2.45) is 46.3 Å². The Balaban J connectivity index is 0.926. The summed E-state index contributed by atoms with van der Waals surface area (Å²) in [6, 6.07) is 0. The molecule has 360 valence electrons. The molecule has 8 fully saturated rings. The Bertz CT molecular complexity index is 1670. The summed E-state index contributed by atoms with van der Waals surface area (Å²) in [5.74, 6) is 0.0651. The number of fused-ring (bicyclic) bond motifs is 7. The topological polar surface area (TPSA) is 276 Å². The van der Waals surface area contributed by atoms with E-state index in [4.69, 9.17) is 37.9 Å². The predicted octanol–water partition coefficient (Wildman–Crippen LogP) is -0.469. The molecule has 28 atom stereocenters. The van der Waals surface area contributed by atoms with Gasteiger partial charge < -0.3 is 89.0 Å². The van der Waals surface area contributed by atoms with E-state index < -0.39 is 123 Å². The first kappa shape index (κ1) is 47.1. The van der Waals surface area contributed by atoms with Gasteiger partial charge in [-0.1, -0.05) is 39.3 Å². The molecule has 9 rings (SSSR count). The molecule has 0 aromatic heterocycles. The Hall–Kier alpha value is -0.980. The van der Waals surface area contributed by atoms with E-state index in [1.807, 2.05) is 6.92 Å². The van der Waals surface area contributed by atoms with Crippen molar-refractivity contribution in [3.63, 3.8) is 0 Å². The van der Waals surface area contributed by atoms with Crippen LogP contribution >= 0.6 is 0 Å². The monoisotopic (exact) mass is 900 g/mol. The first-order chi connectivity index (χ1) is 29.7. The zero-order valence-corrected chi connectivity index (χ0v) is 37.1. The zero-order valence-electron chi connectivity index (χ0n) is 37.1. The van der Waals surface area contributed by atoms with Crippen molar-refractivity contribution < 1.29 is 89.0 Å². The van der Waals surface area contributed by atoms with Crippen LogP contribution in [0.25, 0.3) is 0 Å². The summed E-state index contributed by atoms with van der Waals surface area (Å²) in [7, 11) is 0. The molecule has 0 bridgehead atoms. The standard InChI is InChI=1S/C45H72O18/c1-17-9-12-45(63-39(17)55)18(2)29-26(62-45)14-25-23-8-7-21-13-22(10-11-43(21,5)24(23)15-28(47)44(25,29)6)58-42-38(61-41-35(53)33(51)31(49)20(4)57-41)36(54)37(27(16-46)59-42)60-40-34(52)32(50)30(48)19(3)56-40/h7,17-20,22-42,46-55H,8-16H2,1-6H3. The molecule has 0 aromatic rings. The van der Waals surface area contributed by atoms with Gasteiger partial charge >= 0.3 is 0 Å². The van der Waals surface area contributed by atoms with Crippen LogP contribution < -0.4 is 0 Å². The van der Waals surface area contributed by atoms with Crippen molar-refractivity contribution in [2.75, 3.05) is 6.61 Å². The summed E-state index contributed by atoms with van der Waals surface area (Å²) in [6.45, 7) is 11.0. The molecule has 63 heavy (non-hydrogen) atoms. The zero-order chi connectivity index (χ0) is 45.2. The highest BCUT2D eigenvalue weighted by Crippen LogP contribution is 2.71. The summed E-state index contributed by atoms with van der Waals surface area (Å²) in [5.41, 5.74) is 0.595. The number of ether oxygens (including phenoxy) is 8. The molecule has 0 radical (unpaired) electrons. The highest BCUT2D eigenvalue weighted by molar-refractivity contribution is 5.27. The quantitative estimate of drug-likeness (QED) is 0.145. The number of aliphatic hydroxyl groups is 10. The second-order valence-electron chi connectivity index (χ2n) is 21.2. The molecule has 9 aliphatic rings. The van der Waals surface area contributed by atoms with E-state index in [2.05, 4.69) is 26.8 Å². The molecule has 5 aliphatic heterocycles. The first-order valence-electron chi connectivity index (χ1n) is 23.4. The van der Waals surface area contributed by atoms with Crippen molar-refractivity contribution in [2.45, 2.75) is 215 Å². The molecule has 0 aromatic carbocycles. The number of rotatable bonds is 7. The molecular formula is C45H72O18. The van der Waals surface area contributed by atoms with Crippen LogP contribution in [0.3, 0.4) is 0 Å². The molecule has 0 amide bonds. The van der Waals surface area contributed by atoms with Gasteiger partial charge in [-0.25, -0.2) is 0 Å². The molecule has 18 nitrogen and oxygen atoms in total. The SMILES string of the molecule is CC1CCC2(OC1O)OC1CC3C4CC=C5CC(OC6OC(CO)C(OC7OC(C)C(O)C(O)C7O)C(O)C6OC6OC(C)C(O)C(O)C6O)CCC5(C)C4CC(O)C3(C)C1C2C. The highest BCUT2D eigenvalue weighted by Gasteiger charge is 2.71. The fourth-order valence-electron chi connectivity index (χ4n) is 14.0. The third kappa shape index (κ3) is 7.53. The molecule has 18 heteroatoms. The maximum atomic E-state index is 12.3. The predicted molar refractivity (Wildman–Crippen MR) is 215 cm³/mol. The second-order valence-corrected chi connectivity index (χ2v) is 21.2. The van der Waals surface area contributed by atoms with Crippen molar-refractivity contribution in [3.8, 4) is 0 Å². The lowest BCUT2D eigenvalue weighted by atomic mass is 9.46. The number of aliphatic hydroxyl groups excluding tert-OH is 10. The lowest BCUT2D eigenvalue weighted by Gasteiger charge is -2.60. The van der Waals surface area contributed by atoms with Crippen LogP contribution in [-0.4, -0.2) is 180 Å². The van der Waals surface area contributed by atoms with Crippen molar-refractivity contribution in [3.05, 3.63) is 11.6 Å². The molecule has 4 aliphatic carbocycles. The van der Waals surface area contributed by atoms with Crippen molar-refractivity contribution >= 4 is 0 Å². The van der Waals surface area contributed by atoms with Crippen LogP contribution in [-0.2, 0) is 37.9 Å². The van der Waals surface area contributed by atoms with Crippen LogP contribution in [0.4, 0.5) is 0 Å². The van der Waals surface area contributed by atoms with Gasteiger partial charge in [-0.15, -0.1) is 0 Å². The summed E-state index contributed by atoms with van der Waals surface area (Å²) in [4.78, 5) is 0. The van der Waals surface area contributed by atoms with Gasteiger partial charge in [0.05, 0.1) is 37.1 Å².